The fraction of sp³-hybridized carbons (Fsp3) is 0.571. The van der Waals surface area contributed by atoms with Crippen LogP contribution in [0.15, 0.2) is 6.20 Å². The lowest BCUT2D eigenvalue weighted by molar-refractivity contribution is 0.127. The highest BCUT2D eigenvalue weighted by atomic mass is 35.5. The summed E-state index contributed by atoms with van der Waals surface area (Å²) in [6.45, 7) is -0.0668. The topological polar surface area (TPSA) is 58.3 Å². The van der Waals surface area contributed by atoms with Crippen molar-refractivity contribution in [3.63, 3.8) is 0 Å². The average molecular weight is 191 g/mol. The van der Waals surface area contributed by atoms with E-state index in [1.165, 1.54) is 10.9 Å². The molecule has 0 spiro atoms. The van der Waals surface area contributed by atoms with Crippen molar-refractivity contribution in [1.82, 2.24) is 9.78 Å². The van der Waals surface area contributed by atoms with Crippen LogP contribution in [0.4, 0.5) is 0 Å². The third kappa shape index (κ3) is 1.77. The standard InChI is InChI=1S/C7H11ClN2O2/c1-10-7(5(8)4-9-10)6(12)2-3-11/h4,6,11-12H,2-3H2,1H3/t6-/m0/s1. The summed E-state index contributed by atoms with van der Waals surface area (Å²) in [6.07, 6.45) is 1.01. The summed E-state index contributed by atoms with van der Waals surface area (Å²) in [5, 5.41) is 22.3. The number of hydrogen-bond donors (Lipinski definition) is 2. The molecule has 0 saturated heterocycles. The molecule has 4 nitrogen and oxygen atoms in total. The second-order valence-corrected chi connectivity index (χ2v) is 2.94. The first kappa shape index (κ1) is 9.51. The number of nitrogens with zero attached hydrogens (tertiary/aromatic N) is 2. The van der Waals surface area contributed by atoms with Crippen LogP contribution >= 0.6 is 11.6 Å². The predicted molar refractivity (Wildman–Crippen MR) is 44.9 cm³/mol. The second kappa shape index (κ2) is 3.89. The minimum atomic E-state index is -0.741. The molecule has 0 saturated carbocycles. The molecule has 0 amide bonds. The number of hydrogen-bond acceptors (Lipinski definition) is 3. The van der Waals surface area contributed by atoms with Gasteiger partial charge in [0.05, 0.1) is 23.0 Å². The number of aromatic nitrogens is 2. The molecule has 1 rings (SSSR count). The van der Waals surface area contributed by atoms with Crippen molar-refractivity contribution in [2.24, 2.45) is 7.05 Å². The first-order valence-corrected chi connectivity index (χ1v) is 4.01. The smallest absolute Gasteiger partial charge is 0.0993 e. The summed E-state index contributed by atoms with van der Waals surface area (Å²) >= 11 is 5.75. The molecule has 0 aliphatic carbocycles. The Labute approximate surface area is 75.4 Å². The van der Waals surface area contributed by atoms with Crippen LogP contribution < -0.4 is 0 Å². The van der Waals surface area contributed by atoms with Crippen LogP contribution in [0.2, 0.25) is 5.02 Å². The van der Waals surface area contributed by atoms with Gasteiger partial charge in [0.15, 0.2) is 0 Å². The first-order chi connectivity index (χ1) is 5.66. The Kier molecular flexibility index (Phi) is 3.08. The van der Waals surface area contributed by atoms with E-state index in [1.54, 1.807) is 7.05 Å². The molecule has 1 atom stereocenters. The molecule has 5 heteroatoms. The molecule has 12 heavy (non-hydrogen) atoms. The SMILES string of the molecule is Cn1ncc(Cl)c1[C@@H](O)CCO. The maximum absolute atomic E-state index is 9.47. The zero-order valence-electron chi connectivity index (χ0n) is 6.74. The first-order valence-electron chi connectivity index (χ1n) is 3.63. The summed E-state index contributed by atoms with van der Waals surface area (Å²) in [5.74, 6) is 0. The Morgan fingerprint density at radius 2 is 2.42 bits per heavy atom. The average Bonchev–Trinajstić information content (AvgIpc) is 2.32. The molecule has 0 bridgehead atoms. The minimum Gasteiger partial charge on any atom is -0.396 e. The molecule has 1 aromatic rings. The number of rotatable bonds is 3. The monoisotopic (exact) mass is 190 g/mol. The second-order valence-electron chi connectivity index (χ2n) is 2.53. The van der Waals surface area contributed by atoms with Gasteiger partial charge in [0.2, 0.25) is 0 Å². The van der Waals surface area contributed by atoms with E-state index >= 15 is 0 Å². The molecular formula is C7H11ClN2O2. The maximum Gasteiger partial charge on any atom is 0.0993 e. The van der Waals surface area contributed by atoms with E-state index in [2.05, 4.69) is 5.10 Å². The Balaban J connectivity index is 2.85. The van der Waals surface area contributed by atoms with Crippen LogP contribution in [-0.4, -0.2) is 26.6 Å². The zero-order chi connectivity index (χ0) is 9.14. The lowest BCUT2D eigenvalue weighted by atomic mass is 10.2. The third-order valence-electron chi connectivity index (χ3n) is 1.66. The third-order valence-corrected chi connectivity index (χ3v) is 1.95. The Hall–Kier alpha value is -0.580. The fourth-order valence-electron chi connectivity index (χ4n) is 1.05. The summed E-state index contributed by atoms with van der Waals surface area (Å²) < 4.78 is 1.50. The molecule has 0 aliphatic rings. The fourth-order valence-corrected chi connectivity index (χ4v) is 1.35. The van der Waals surface area contributed by atoms with Gasteiger partial charge in [0, 0.05) is 20.1 Å². The van der Waals surface area contributed by atoms with Gasteiger partial charge in [-0.05, 0) is 0 Å². The van der Waals surface area contributed by atoms with Crippen LogP contribution in [0, 0.1) is 0 Å². The van der Waals surface area contributed by atoms with Crippen molar-refractivity contribution in [2.75, 3.05) is 6.61 Å². The van der Waals surface area contributed by atoms with Crippen LogP contribution in [0.1, 0.15) is 18.2 Å². The molecule has 1 aromatic heterocycles. The number of halogens is 1. The van der Waals surface area contributed by atoms with Crippen molar-refractivity contribution < 1.29 is 10.2 Å². The van der Waals surface area contributed by atoms with Gasteiger partial charge in [0.1, 0.15) is 0 Å². The molecule has 1 heterocycles. The molecule has 2 N–H and O–H groups in total. The van der Waals surface area contributed by atoms with E-state index in [9.17, 15) is 5.11 Å². The van der Waals surface area contributed by atoms with Crippen molar-refractivity contribution >= 4 is 11.6 Å². The van der Waals surface area contributed by atoms with Crippen LogP contribution in [-0.2, 0) is 7.05 Å². The zero-order valence-corrected chi connectivity index (χ0v) is 7.49. The molecular weight excluding hydrogens is 180 g/mol. The van der Waals surface area contributed by atoms with Gasteiger partial charge < -0.3 is 10.2 Å². The predicted octanol–water partition coefficient (Wildman–Crippen LogP) is 0.489. The molecule has 0 aliphatic heterocycles. The van der Waals surface area contributed by atoms with Gasteiger partial charge in [-0.2, -0.15) is 5.10 Å². The van der Waals surface area contributed by atoms with Crippen LogP contribution in [0.25, 0.3) is 0 Å². The molecule has 0 unspecified atom stereocenters. The maximum atomic E-state index is 9.47. The normalized spacial score (nSPS) is 13.3. The largest absolute Gasteiger partial charge is 0.396 e. The lowest BCUT2D eigenvalue weighted by Crippen LogP contribution is -2.07. The van der Waals surface area contributed by atoms with Crippen molar-refractivity contribution in [2.45, 2.75) is 12.5 Å². The lowest BCUT2D eigenvalue weighted by Gasteiger charge is -2.09. The van der Waals surface area contributed by atoms with E-state index in [0.29, 0.717) is 10.7 Å². The summed E-state index contributed by atoms with van der Waals surface area (Å²) in [6, 6.07) is 0. The van der Waals surface area contributed by atoms with Crippen molar-refractivity contribution in [3.8, 4) is 0 Å². The van der Waals surface area contributed by atoms with E-state index in [-0.39, 0.29) is 13.0 Å². The van der Waals surface area contributed by atoms with Gasteiger partial charge in [-0.3, -0.25) is 4.68 Å². The van der Waals surface area contributed by atoms with E-state index < -0.39 is 6.10 Å². The number of aryl methyl sites for hydroxylation is 1. The Morgan fingerprint density at radius 3 is 2.83 bits per heavy atom. The Bertz CT molecular complexity index is 242. The molecule has 0 aromatic carbocycles. The van der Waals surface area contributed by atoms with Gasteiger partial charge in [0.25, 0.3) is 0 Å². The minimum absolute atomic E-state index is 0.0668. The molecule has 0 fully saturated rings. The van der Waals surface area contributed by atoms with Crippen molar-refractivity contribution in [1.29, 1.82) is 0 Å². The van der Waals surface area contributed by atoms with Crippen molar-refractivity contribution in [3.05, 3.63) is 16.9 Å². The summed E-state index contributed by atoms with van der Waals surface area (Å²) in [4.78, 5) is 0. The molecule has 68 valence electrons. The summed E-state index contributed by atoms with van der Waals surface area (Å²) in [7, 11) is 1.70. The summed E-state index contributed by atoms with van der Waals surface area (Å²) in [5.41, 5.74) is 0.547. The Morgan fingerprint density at radius 1 is 1.75 bits per heavy atom. The van der Waals surface area contributed by atoms with Gasteiger partial charge in [-0.15, -0.1) is 0 Å². The number of aliphatic hydroxyl groups excluding tert-OH is 2. The van der Waals surface area contributed by atoms with Crippen LogP contribution in [0.5, 0.6) is 0 Å². The number of aliphatic hydroxyl groups is 2. The van der Waals surface area contributed by atoms with Crippen LogP contribution in [0.3, 0.4) is 0 Å². The van der Waals surface area contributed by atoms with E-state index in [4.69, 9.17) is 16.7 Å². The highest BCUT2D eigenvalue weighted by Crippen LogP contribution is 2.23. The van der Waals surface area contributed by atoms with E-state index in [0.717, 1.165) is 0 Å². The molecule has 0 radical (unpaired) electrons. The quantitative estimate of drug-likeness (QED) is 0.730. The van der Waals surface area contributed by atoms with Gasteiger partial charge >= 0.3 is 0 Å². The van der Waals surface area contributed by atoms with Gasteiger partial charge in [-0.1, -0.05) is 11.6 Å². The van der Waals surface area contributed by atoms with E-state index in [1.807, 2.05) is 0 Å². The van der Waals surface area contributed by atoms with Gasteiger partial charge in [-0.25, -0.2) is 0 Å². The highest BCUT2D eigenvalue weighted by molar-refractivity contribution is 6.31. The highest BCUT2D eigenvalue weighted by Gasteiger charge is 2.15.